The molecule has 2 aliphatic heterocycles. The molecule has 1 saturated carbocycles. The fourth-order valence-corrected chi connectivity index (χ4v) is 3.89. The summed E-state index contributed by atoms with van der Waals surface area (Å²) in [6, 6.07) is 0.530. The highest BCUT2D eigenvalue weighted by atomic mass is 19.1. The number of rotatable bonds is 1. The maximum atomic E-state index is 13.2. The third-order valence-electron chi connectivity index (χ3n) is 4.66. The molecule has 0 bridgehead atoms. The highest BCUT2D eigenvalue weighted by Crippen LogP contribution is 2.38. The van der Waals surface area contributed by atoms with Crippen LogP contribution >= 0.6 is 0 Å². The van der Waals surface area contributed by atoms with Crippen LogP contribution in [0, 0.1) is 5.92 Å². The average Bonchev–Trinajstić information content (AvgIpc) is 2.77. The van der Waals surface area contributed by atoms with E-state index in [0.717, 1.165) is 12.5 Å². The van der Waals surface area contributed by atoms with Gasteiger partial charge in [0.15, 0.2) is 0 Å². The maximum absolute atomic E-state index is 13.2. The summed E-state index contributed by atoms with van der Waals surface area (Å²) < 4.78 is 13.2. The fraction of sp³-hybridized carbons (Fsp3) is 0.923. The lowest BCUT2D eigenvalue weighted by Crippen LogP contribution is -2.56. The topological polar surface area (TPSA) is 41.6 Å². The average molecular weight is 239 g/mol. The molecule has 0 aromatic heterocycles. The second kappa shape index (κ2) is 4.65. The van der Waals surface area contributed by atoms with Gasteiger partial charge in [-0.15, -0.1) is 0 Å². The molecule has 0 aromatic rings. The second-order valence-corrected chi connectivity index (χ2v) is 5.77. The lowest BCUT2D eigenvalue weighted by molar-refractivity contribution is 0.0519. The number of piperidine rings is 1. The summed E-state index contributed by atoms with van der Waals surface area (Å²) in [6.07, 6.45) is 7.58. The van der Waals surface area contributed by atoms with Gasteiger partial charge in [-0.2, -0.15) is 0 Å². The first-order valence-electron chi connectivity index (χ1n) is 6.94. The molecule has 4 unspecified atom stereocenters. The Morgan fingerprint density at radius 1 is 1.24 bits per heavy atom. The zero-order valence-electron chi connectivity index (χ0n) is 10.3. The number of likely N-dealkylation sites (tertiary alicyclic amines) is 1. The summed E-state index contributed by atoms with van der Waals surface area (Å²) in [5.41, 5.74) is 6.09. The molecule has 5 atom stereocenters. The van der Waals surface area contributed by atoms with E-state index in [9.17, 15) is 4.39 Å². The van der Waals surface area contributed by atoms with E-state index in [0.29, 0.717) is 12.5 Å². The maximum Gasteiger partial charge on any atom is 0.136 e. The monoisotopic (exact) mass is 239 g/mol. The molecule has 3 rings (SSSR count). The Morgan fingerprint density at radius 3 is 2.88 bits per heavy atom. The van der Waals surface area contributed by atoms with Gasteiger partial charge in [-0.05, 0) is 31.6 Å². The minimum absolute atomic E-state index is 0.0351. The molecule has 17 heavy (non-hydrogen) atoms. The van der Waals surface area contributed by atoms with Crippen molar-refractivity contribution in [2.45, 2.75) is 62.9 Å². The van der Waals surface area contributed by atoms with E-state index in [-0.39, 0.29) is 12.2 Å². The summed E-state index contributed by atoms with van der Waals surface area (Å²) in [5, 5.41) is 0. The first-order valence-corrected chi connectivity index (χ1v) is 6.94. The molecule has 0 spiro atoms. The van der Waals surface area contributed by atoms with Crippen LogP contribution in [0.3, 0.4) is 0 Å². The molecule has 2 heterocycles. The quantitative estimate of drug-likeness (QED) is 0.757. The number of fused-ring (bicyclic) bond motifs is 1. The lowest BCUT2D eigenvalue weighted by Gasteiger charge is -2.44. The van der Waals surface area contributed by atoms with Gasteiger partial charge in [0.1, 0.15) is 12.3 Å². The Labute approximate surface area is 102 Å². The third-order valence-corrected chi connectivity index (χ3v) is 4.66. The van der Waals surface area contributed by atoms with Gasteiger partial charge < -0.3 is 5.73 Å². The number of alkyl halides is 1. The number of hydrogen-bond donors (Lipinski definition) is 1. The molecular formula is C13H22FN3. The van der Waals surface area contributed by atoms with E-state index in [1.165, 1.54) is 38.3 Å². The van der Waals surface area contributed by atoms with Crippen LogP contribution in [0.25, 0.3) is 0 Å². The summed E-state index contributed by atoms with van der Waals surface area (Å²) >= 11 is 0. The molecule has 0 radical (unpaired) electrons. The van der Waals surface area contributed by atoms with Gasteiger partial charge in [0.25, 0.3) is 0 Å². The number of aliphatic imine (C=N–C) groups is 1. The second-order valence-electron chi connectivity index (χ2n) is 5.77. The van der Waals surface area contributed by atoms with Crippen molar-refractivity contribution in [2.75, 3.05) is 6.54 Å². The van der Waals surface area contributed by atoms with Crippen LogP contribution in [0.5, 0.6) is 0 Å². The summed E-state index contributed by atoms with van der Waals surface area (Å²) in [4.78, 5) is 6.84. The number of nitrogens with two attached hydrogens (primary N) is 1. The number of hydrogen-bond acceptors (Lipinski definition) is 3. The van der Waals surface area contributed by atoms with E-state index in [1.807, 2.05) is 0 Å². The summed E-state index contributed by atoms with van der Waals surface area (Å²) in [5.74, 6) is 0.842. The first-order chi connectivity index (χ1) is 8.25. The lowest BCUT2D eigenvalue weighted by atomic mass is 9.90. The van der Waals surface area contributed by atoms with Crippen LogP contribution in [0.2, 0.25) is 0 Å². The van der Waals surface area contributed by atoms with E-state index < -0.39 is 6.17 Å². The van der Waals surface area contributed by atoms with Crippen molar-refractivity contribution in [1.29, 1.82) is 0 Å². The van der Waals surface area contributed by atoms with Gasteiger partial charge in [-0.1, -0.05) is 6.42 Å². The predicted molar refractivity (Wildman–Crippen MR) is 66.8 cm³/mol. The molecule has 0 aromatic carbocycles. The third kappa shape index (κ3) is 2.13. The molecular weight excluding hydrogens is 217 g/mol. The van der Waals surface area contributed by atoms with Gasteiger partial charge >= 0.3 is 0 Å². The van der Waals surface area contributed by atoms with Crippen molar-refractivity contribution in [2.24, 2.45) is 16.6 Å². The van der Waals surface area contributed by atoms with Crippen LogP contribution in [0.1, 0.15) is 38.5 Å². The molecule has 2 N–H and O–H groups in total. The van der Waals surface area contributed by atoms with Crippen molar-refractivity contribution < 1.29 is 4.39 Å². The van der Waals surface area contributed by atoms with Gasteiger partial charge in [0, 0.05) is 31.3 Å². The molecule has 4 heteroatoms. The van der Waals surface area contributed by atoms with Crippen LogP contribution in [-0.2, 0) is 0 Å². The van der Waals surface area contributed by atoms with Crippen molar-refractivity contribution in [3.05, 3.63) is 0 Å². The van der Waals surface area contributed by atoms with E-state index in [2.05, 4.69) is 9.89 Å². The van der Waals surface area contributed by atoms with Gasteiger partial charge in [-0.3, -0.25) is 9.89 Å². The first kappa shape index (κ1) is 11.6. The molecule has 3 nitrogen and oxygen atoms in total. The summed E-state index contributed by atoms with van der Waals surface area (Å²) in [7, 11) is 0. The fourth-order valence-electron chi connectivity index (χ4n) is 3.89. The zero-order chi connectivity index (χ0) is 11.8. The number of nitrogens with zero attached hydrogens (tertiary/aromatic N) is 2. The molecule has 1 saturated heterocycles. The molecule has 2 fully saturated rings. The minimum atomic E-state index is -0.939. The highest BCUT2D eigenvalue weighted by Gasteiger charge is 2.40. The van der Waals surface area contributed by atoms with Crippen molar-refractivity contribution >= 4 is 6.21 Å². The normalized spacial score (nSPS) is 47.1. The molecule has 3 aliphatic rings. The number of halogens is 1. The Hall–Kier alpha value is -0.480. The Morgan fingerprint density at radius 2 is 2.06 bits per heavy atom. The van der Waals surface area contributed by atoms with Gasteiger partial charge in [-0.25, -0.2) is 4.39 Å². The Bertz CT molecular complexity index is 307. The van der Waals surface area contributed by atoms with E-state index in [4.69, 9.17) is 5.73 Å². The Balaban J connectivity index is 1.76. The van der Waals surface area contributed by atoms with Gasteiger partial charge in [0.2, 0.25) is 0 Å². The Kier molecular flexibility index (Phi) is 3.17. The van der Waals surface area contributed by atoms with Crippen LogP contribution in [0.15, 0.2) is 4.99 Å². The molecule has 1 aliphatic carbocycles. The van der Waals surface area contributed by atoms with Crippen LogP contribution < -0.4 is 5.73 Å². The molecule has 0 amide bonds. The predicted octanol–water partition coefficient (Wildman–Crippen LogP) is 1.72. The molecule has 96 valence electrons. The minimum Gasteiger partial charge on any atom is -0.325 e. The van der Waals surface area contributed by atoms with Crippen molar-refractivity contribution in [3.8, 4) is 0 Å². The highest BCUT2D eigenvalue weighted by molar-refractivity contribution is 5.64. The van der Waals surface area contributed by atoms with Crippen LogP contribution in [0.4, 0.5) is 4.39 Å². The van der Waals surface area contributed by atoms with Crippen molar-refractivity contribution in [3.63, 3.8) is 0 Å². The van der Waals surface area contributed by atoms with Gasteiger partial charge in [0.05, 0.1) is 0 Å². The smallest absolute Gasteiger partial charge is 0.136 e. The van der Waals surface area contributed by atoms with Crippen molar-refractivity contribution in [1.82, 2.24) is 4.90 Å². The van der Waals surface area contributed by atoms with Crippen LogP contribution in [-0.4, -0.2) is 42.1 Å². The zero-order valence-corrected chi connectivity index (χ0v) is 10.3. The SMILES string of the molecule is N[C@@H]1CC(F)C=NC1N1CCCC2CCCC21. The van der Waals surface area contributed by atoms with E-state index >= 15 is 0 Å². The standard InChI is InChI=1S/C13H22FN3/c14-10-7-11(15)13(16-8-10)17-6-2-4-9-3-1-5-12(9)17/h8-13H,1-7,15H2/t9?,10?,11-,12?,13?/m1/s1. The van der Waals surface area contributed by atoms with E-state index in [1.54, 1.807) is 0 Å². The largest absolute Gasteiger partial charge is 0.325 e. The summed E-state index contributed by atoms with van der Waals surface area (Å²) in [6.45, 7) is 1.09.